The van der Waals surface area contributed by atoms with Crippen molar-refractivity contribution in [3.63, 3.8) is 0 Å². The van der Waals surface area contributed by atoms with Crippen molar-refractivity contribution in [2.45, 2.75) is 0 Å². The smallest absolute Gasteiger partial charge is 0.261 e. The van der Waals surface area contributed by atoms with Crippen LogP contribution in [0.15, 0.2) is 24.3 Å². The van der Waals surface area contributed by atoms with E-state index in [9.17, 15) is 14.4 Å². The molecule has 0 saturated heterocycles. The predicted octanol–water partition coefficient (Wildman–Crippen LogP) is 1.09. The topological polar surface area (TPSA) is 54.5 Å². The van der Waals surface area contributed by atoms with Gasteiger partial charge in [-0.15, -0.1) is 11.6 Å². The average Bonchev–Trinajstić information content (AvgIpc) is 2.55. The Morgan fingerprint density at radius 2 is 1.62 bits per heavy atom. The van der Waals surface area contributed by atoms with Crippen molar-refractivity contribution in [2.24, 2.45) is 0 Å². The molecule has 0 radical (unpaired) electrons. The number of hydrogen-bond acceptors (Lipinski definition) is 3. The van der Waals surface area contributed by atoms with Gasteiger partial charge in [0.25, 0.3) is 11.8 Å². The minimum absolute atomic E-state index is 0.201. The number of amides is 2. The predicted molar refractivity (Wildman–Crippen MR) is 57.5 cm³/mol. The van der Waals surface area contributed by atoms with E-state index in [1.54, 1.807) is 24.3 Å². The summed E-state index contributed by atoms with van der Waals surface area (Å²) in [6, 6.07) is 6.50. The molecule has 0 aliphatic carbocycles. The van der Waals surface area contributed by atoms with Crippen molar-refractivity contribution in [2.75, 3.05) is 12.4 Å². The maximum Gasteiger partial charge on any atom is 0.261 e. The molecule has 0 spiro atoms. The summed E-state index contributed by atoms with van der Waals surface area (Å²) in [6.07, 6.45) is 0. The van der Waals surface area contributed by atoms with Crippen LogP contribution in [-0.4, -0.2) is 34.9 Å². The van der Waals surface area contributed by atoms with Crippen molar-refractivity contribution < 1.29 is 14.4 Å². The third kappa shape index (κ3) is 1.61. The number of ketones is 1. The van der Waals surface area contributed by atoms with Crippen molar-refractivity contribution in [3.8, 4) is 0 Å². The first-order valence-electron chi connectivity index (χ1n) is 4.68. The highest BCUT2D eigenvalue weighted by molar-refractivity contribution is 6.29. The number of carbonyl (C=O) groups is 3. The monoisotopic (exact) mass is 237 g/mol. The summed E-state index contributed by atoms with van der Waals surface area (Å²) < 4.78 is 0. The fourth-order valence-corrected chi connectivity index (χ4v) is 1.69. The standard InChI is InChI=1S/C11H8ClNO3/c12-5-7(14)6-13-10(15)8-3-1-2-4-9(8)11(13)16/h1-4H,5-6H2. The highest BCUT2D eigenvalue weighted by atomic mass is 35.5. The molecule has 2 amide bonds. The van der Waals surface area contributed by atoms with Crippen molar-refractivity contribution in [1.82, 2.24) is 4.90 Å². The first-order valence-corrected chi connectivity index (χ1v) is 5.21. The number of benzene rings is 1. The van der Waals surface area contributed by atoms with Crippen LogP contribution in [0.2, 0.25) is 0 Å². The molecule has 16 heavy (non-hydrogen) atoms. The summed E-state index contributed by atoms with van der Waals surface area (Å²) in [5, 5.41) is 0. The summed E-state index contributed by atoms with van der Waals surface area (Å²) in [6.45, 7) is -0.254. The largest absolute Gasteiger partial charge is 0.296 e. The van der Waals surface area contributed by atoms with E-state index in [0.29, 0.717) is 11.1 Å². The number of carbonyl (C=O) groups excluding carboxylic acids is 3. The number of fused-ring (bicyclic) bond motifs is 1. The first-order chi connectivity index (χ1) is 7.65. The number of Topliss-reactive ketones (excluding diaryl/α,β-unsaturated/α-hetero) is 1. The van der Waals surface area contributed by atoms with Gasteiger partial charge in [0, 0.05) is 0 Å². The van der Waals surface area contributed by atoms with Gasteiger partial charge in [0.2, 0.25) is 0 Å². The van der Waals surface area contributed by atoms with Crippen molar-refractivity contribution >= 4 is 29.2 Å². The van der Waals surface area contributed by atoms with Gasteiger partial charge in [-0.2, -0.15) is 0 Å². The van der Waals surface area contributed by atoms with Gasteiger partial charge >= 0.3 is 0 Å². The SMILES string of the molecule is O=C(CCl)CN1C(=O)c2ccccc2C1=O. The third-order valence-corrected chi connectivity index (χ3v) is 2.66. The Labute approximate surface area is 96.8 Å². The molecule has 1 aromatic carbocycles. The lowest BCUT2D eigenvalue weighted by molar-refractivity contribution is -0.117. The average molecular weight is 238 g/mol. The summed E-state index contributed by atoms with van der Waals surface area (Å²) in [4.78, 5) is 35.6. The van der Waals surface area contributed by atoms with Crippen LogP contribution < -0.4 is 0 Å². The number of alkyl halides is 1. The Morgan fingerprint density at radius 1 is 1.12 bits per heavy atom. The summed E-state index contributed by atoms with van der Waals surface area (Å²) in [7, 11) is 0. The van der Waals surface area contributed by atoms with Gasteiger partial charge in [0.1, 0.15) is 0 Å². The van der Waals surface area contributed by atoms with Crippen LogP contribution >= 0.6 is 11.6 Å². The molecule has 0 unspecified atom stereocenters. The van der Waals surface area contributed by atoms with Crippen LogP contribution in [0.3, 0.4) is 0 Å². The van der Waals surface area contributed by atoms with Crippen LogP contribution in [0, 0.1) is 0 Å². The normalized spacial score (nSPS) is 14.2. The molecule has 82 valence electrons. The highest BCUT2D eigenvalue weighted by Gasteiger charge is 2.35. The molecule has 1 aliphatic rings. The molecule has 0 fully saturated rings. The van der Waals surface area contributed by atoms with Gasteiger partial charge in [-0.3, -0.25) is 19.3 Å². The summed E-state index contributed by atoms with van der Waals surface area (Å²) in [5.41, 5.74) is 0.685. The minimum Gasteiger partial charge on any atom is -0.296 e. The number of halogens is 1. The molecule has 1 heterocycles. The Hall–Kier alpha value is -1.68. The zero-order valence-electron chi connectivity index (χ0n) is 8.27. The Balaban J connectivity index is 2.32. The molecular formula is C11H8ClNO3. The lowest BCUT2D eigenvalue weighted by Crippen LogP contribution is -2.35. The molecule has 1 aliphatic heterocycles. The summed E-state index contributed by atoms with van der Waals surface area (Å²) in [5.74, 6) is -1.41. The molecule has 5 heteroatoms. The Kier molecular flexibility index (Phi) is 2.75. The van der Waals surface area contributed by atoms with Crippen LogP contribution in [0.25, 0.3) is 0 Å². The molecule has 0 saturated carbocycles. The number of nitrogens with zero attached hydrogens (tertiary/aromatic N) is 1. The molecule has 0 bridgehead atoms. The zero-order valence-corrected chi connectivity index (χ0v) is 9.03. The van der Waals surface area contributed by atoms with Gasteiger partial charge in [-0.25, -0.2) is 0 Å². The van der Waals surface area contributed by atoms with Crippen molar-refractivity contribution in [3.05, 3.63) is 35.4 Å². The quantitative estimate of drug-likeness (QED) is 0.584. The highest BCUT2D eigenvalue weighted by Crippen LogP contribution is 2.21. The van der Waals surface area contributed by atoms with E-state index in [2.05, 4.69) is 0 Å². The van der Waals surface area contributed by atoms with E-state index in [-0.39, 0.29) is 18.2 Å². The van der Waals surface area contributed by atoms with E-state index in [1.807, 2.05) is 0 Å². The van der Waals surface area contributed by atoms with Gasteiger partial charge in [0.15, 0.2) is 5.78 Å². The number of rotatable bonds is 3. The molecule has 0 aromatic heterocycles. The van der Waals surface area contributed by atoms with E-state index < -0.39 is 11.8 Å². The molecule has 4 nitrogen and oxygen atoms in total. The molecule has 2 rings (SSSR count). The van der Waals surface area contributed by atoms with Gasteiger partial charge in [-0.05, 0) is 12.1 Å². The second kappa shape index (κ2) is 4.06. The van der Waals surface area contributed by atoms with Crippen LogP contribution in [0.1, 0.15) is 20.7 Å². The van der Waals surface area contributed by atoms with E-state index in [1.165, 1.54) is 0 Å². The van der Waals surface area contributed by atoms with E-state index in [0.717, 1.165) is 4.90 Å². The Morgan fingerprint density at radius 3 is 2.06 bits per heavy atom. The van der Waals surface area contributed by atoms with Crippen LogP contribution in [0.5, 0.6) is 0 Å². The maximum absolute atomic E-state index is 11.8. The fraction of sp³-hybridized carbons (Fsp3) is 0.182. The second-order valence-electron chi connectivity index (χ2n) is 3.41. The molecule has 1 aromatic rings. The van der Waals surface area contributed by atoms with E-state index in [4.69, 9.17) is 11.6 Å². The van der Waals surface area contributed by atoms with Gasteiger partial charge in [0.05, 0.1) is 23.6 Å². The molecule has 0 N–H and O–H groups in total. The number of hydrogen-bond donors (Lipinski definition) is 0. The Bertz CT molecular complexity index is 449. The summed E-state index contributed by atoms with van der Waals surface area (Å²) >= 11 is 5.34. The molecular weight excluding hydrogens is 230 g/mol. The minimum atomic E-state index is -0.431. The lowest BCUT2D eigenvalue weighted by Gasteiger charge is -2.11. The van der Waals surface area contributed by atoms with Crippen LogP contribution in [0.4, 0.5) is 0 Å². The number of imide groups is 1. The third-order valence-electron chi connectivity index (χ3n) is 2.36. The van der Waals surface area contributed by atoms with Gasteiger partial charge in [-0.1, -0.05) is 12.1 Å². The maximum atomic E-state index is 11.8. The van der Waals surface area contributed by atoms with Crippen LogP contribution in [-0.2, 0) is 4.79 Å². The van der Waals surface area contributed by atoms with Crippen molar-refractivity contribution in [1.29, 1.82) is 0 Å². The van der Waals surface area contributed by atoms with Gasteiger partial charge < -0.3 is 0 Å². The zero-order chi connectivity index (χ0) is 11.7. The fourth-order valence-electron chi connectivity index (χ4n) is 1.60. The van der Waals surface area contributed by atoms with E-state index >= 15 is 0 Å². The first kappa shape index (κ1) is 10.8. The second-order valence-corrected chi connectivity index (χ2v) is 3.68. The lowest BCUT2D eigenvalue weighted by atomic mass is 10.1. The molecule has 0 atom stereocenters.